The van der Waals surface area contributed by atoms with Crippen molar-refractivity contribution in [3.8, 4) is 0 Å². The zero-order valence-corrected chi connectivity index (χ0v) is 16.1. The van der Waals surface area contributed by atoms with Gasteiger partial charge in [0.15, 0.2) is 9.84 Å². The van der Waals surface area contributed by atoms with Gasteiger partial charge in [0.25, 0.3) is 0 Å². The average Bonchev–Trinajstić information content (AvgIpc) is 3.00. The first-order chi connectivity index (χ1) is 12.8. The molecule has 1 amide bonds. The van der Waals surface area contributed by atoms with Crippen LogP contribution >= 0.6 is 11.6 Å². The standard InChI is InChI=1S/C20H19ClFNO3S/c21-19-4-2-1-3-16(19)7-10-20(24)23(18-11-12-27(25,26)14-18)13-15-5-8-17(22)9-6-15/h1-10,18H,11-14H2/b10-7+/t18-/m0/s1. The lowest BCUT2D eigenvalue weighted by molar-refractivity contribution is -0.128. The Balaban J connectivity index is 1.83. The molecule has 1 atom stereocenters. The van der Waals surface area contributed by atoms with E-state index in [9.17, 15) is 17.6 Å². The highest BCUT2D eigenvalue weighted by Gasteiger charge is 2.34. The number of carbonyl (C=O) groups is 1. The topological polar surface area (TPSA) is 54.5 Å². The van der Waals surface area contributed by atoms with Crippen molar-refractivity contribution >= 4 is 33.4 Å². The molecule has 142 valence electrons. The molecule has 3 rings (SSSR count). The fraction of sp³-hybridized carbons (Fsp3) is 0.250. The monoisotopic (exact) mass is 407 g/mol. The van der Waals surface area contributed by atoms with E-state index in [2.05, 4.69) is 0 Å². The largest absolute Gasteiger partial charge is 0.331 e. The van der Waals surface area contributed by atoms with Gasteiger partial charge < -0.3 is 4.90 Å². The molecule has 0 aromatic heterocycles. The fourth-order valence-electron chi connectivity index (χ4n) is 3.06. The number of sulfone groups is 1. The minimum atomic E-state index is -3.15. The Morgan fingerprint density at radius 3 is 2.52 bits per heavy atom. The number of carbonyl (C=O) groups excluding carboxylic acids is 1. The van der Waals surface area contributed by atoms with Gasteiger partial charge in [0, 0.05) is 23.7 Å². The van der Waals surface area contributed by atoms with Crippen LogP contribution in [0.15, 0.2) is 54.6 Å². The average molecular weight is 408 g/mol. The Kier molecular flexibility index (Phi) is 5.97. The molecule has 0 aliphatic carbocycles. The molecule has 0 saturated carbocycles. The summed E-state index contributed by atoms with van der Waals surface area (Å²) in [5.41, 5.74) is 1.44. The van der Waals surface area contributed by atoms with Crippen LogP contribution < -0.4 is 0 Å². The van der Waals surface area contributed by atoms with E-state index < -0.39 is 15.9 Å². The summed E-state index contributed by atoms with van der Waals surface area (Å²) in [5.74, 6) is -0.654. The van der Waals surface area contributed by atoms with Crippen LogP contribution in [0, 0.1) is 5.82 Å². The lowest BCUT2D eigenvalue weighted by Gasteiger charge is -2.27. The Bertz CT molecular complexity index is 957. The molecule has 0 unspecified atom stereocenters. The summed E-state index contributed by atoms with van der Waals surface area (Å²) in [6.07, 6.45) is 3.41. The summed E-state index contributed by atoms with van der Waals surface area (Å²) in [4.78, 5) is 14.4. The van der Waals surface area contributed by atoms with Crippen molar-refractivity contribution in [3.63, 3.8) is 0 Å². The molecule has 0 N–H and O–H groups in total. The number of rotatable bonds is 5. The van der Waals surface area contributed by atoms with E-state index in [1.165, 1.54) is 23.1 Å². The molecular weight excluding hydrogens is 389 g/mol. The molecule has 1 aliphatic heterocycles. The van der Waals surface area contributed by atoms with Gasteiger partial charge in [0.1, 0.15) is 5.82 Å². The summed E-state index contributed by atoms with van der Waals surface area (Å²) in [7, 11) is -3.15. The number of benzene rings is 2. The van der Waals surface area contributed by atoms with Gasteiger partial charge in [-0.2, -0.15) is 0 Å². The first kappa shape index (κ1) is 19.6. The minimum Gasteiger partial charge on any atom is -0.331 e. The van der Waals surface area contributed by atoms with E-state index >= 15 is 0 Å². The smallest absolute Gasteiger partial charge is 0.247 e. The van der Waals surface area contributed by atoms with Crippen LogP contribution in [0.3, 0.4) is 0 Å². The second-order valence-electron chi connectivity index (χ2n) is 6.50. The lowest BCUT2D eigenvalue weighted by Crippen LogP contribution is -2.39. The van der Waals surface area contributed by atoms with E-state index in [4.69, 9.17) is 11.6 Å². The van der Waals surface area contributed by atoms with Crippen molar-refractivity contribution in [2.45, 2.75) is 19.0 Å². The van der Waals surface area contributed by atoms with Gasteiger partial charge in [-0.1, -0.05) is 41.9 Å². The lowest BCUT2D eigenvalue weighted by atomic mass is 10.1. The second-order valence-corrected chi connectivity index (χ2v) is 9.14. The number of halogens is 2. The molecule has 27 heavy (non-hydrogen) atoms. The van der Waals surface area contributed by atoms with E-state index in [1.54, 1.807) is 36.4 Å². The van der Waals surface area contributed by atoms with Crippen LogP contribution in [0.5, 0.6) is 0 Å². The zero-order valence-electron chi connectivity index (χ0n) is 14.5. The van der Waals surface area contributed by atoms with Gasteiger partial charge in [0.05, 0.1) is 11.5 Å². The number of nitrogens with zero attached hydrogens (tertiary/aromatic N) is 1. The molecule has 1 aliphatic rings. The molecular formula is C20H19ClFNO3S. The summed E-state index contributed by atoms with van der Waals surface area (Å²) < 4.78 is 36.9. The molecule has 2 aromatic rings. The van der Waals surface area contributed by atoms with Crippen LogP contribution in [0.1, 0.15) is 17.5 Å². The van der Waals surface area contributed by atoms with E-state index in [1.807, 2.05) is 6.07 Å². The van der Waals surface area contributed by atoms with Crippen molar-refractivity contribution in [2.75, 3.05) is 11.5 Å². The third-order valence-electron chi connectivity index (χ3n) is 4.51. The molecule has 1 fully saturated rings. The van der Waals surface area contributed by atoms with Gasteiger partial charge in [-0.15, -0.1) is 0 Å². The van der Waals surface area contributed by atoms with Crippen molar-refractivity contribution in [2.24, 2.45) is 0 Å². The number of hydrogen-bond acceptors (Lipinski definition) is 3. The molecule has 2 aromatic carbocycles. The highest BCUT2D eigenvalue weighted by Crippen LogP contribution is 2.22. The van der Waals surface area contributed by atoms with E-state index in [0.717, 1.165) is 5.56 Å². The summed E-state index contributed by atoms with van der Waals surface area (Å²) in [6, 6.07) is 12.6. The van der Waals surface area contributed by atoms with E-state index in [-0.39, 0.29) is 29.8 Å². The fourth-order valence-corrected chi connectivity index (χ4v) is 4.99. The summed E-state index contributed by atoms with van der Waals surface area (Å²) in [6.45, 7) is 0.214. The van der Waals surface area contributed by atoms with Gasteiger partial charge in [0.2, 0.25) is 5.91 Å². The van der Waals surface area contributed by atoms with Gasteiger partial charge in [-0.05, 0) is 41.8 Å². The molecule has 7 heteroatoms. The van der Waals surface area contributed by atoms with Gasteiger partial charge in [-0.25, -0.2) is 12.8 Å². The van der Waals surface area contributed by atoms with Gasteiger partial charge in [-0.3, -0.25) is 4.79 Å². The first-order valence-corrected chi connectivity index (χ1v) is 10.7. The minimum absolute atomic E-state index is 0.0557. The predicted molar refractivity (Wildman–Crippen MR) is 104 cm³/mol. The van der Waals surface area contributed by atoms with Crippen molar-refractivity contribution in [3.05, 3.63) is 76.6 Å². The van der Waals surface area contributed by atoms with Crippen LogP contribution in [-0.2, 0) is 21.2 Å². The number of amides is 1. The normalized spacial score (nSPS) is 18.7. The third kappa shape index (κ3) is 5.17. The molecule has 0 spiro atoms. The van der Waals surface area contributed by atoms with Crippen molar-refractivity contribution < 1.29 is 17.6 Å². The highest BCUT2D eigenvalue weighted by molar-refractivity contribution is 7.91. The predicted octanol–water partition coefficient (Wildman–Crippen LogP) is 3.71. The molecule has 0 radical (unpaired) electrons. The molecule has 4 nitrogen and oxygen atoms in total. The molecule has 1 saturated heterocycles. The maximum atomic E-state index is 13.1. The molecule has 0 bridgehead atoms. The summed E-state index contributed by atoms with van der Waals surface area (Å²) >= 11 is 6.11. The van der Waals surface area contributed by atoms with Crippen molar-refractivity contribution in [1.82, 2.24) is 4.90 Å². The maximum absolute atomic E-state index is 13.1. The quantitative estimate of drug-likeness (QED) is 0.710. The van der Waals surface area contributed by atoms with Crippen LogP contribution in [0.25, 0.3) is 6.08 Å². The summed E-state index contributed by atoms with van der Waals surface area (Å²) in [5, 5.41) is 0.523. The Morgan fingerprint density at radius 1 is 1.19 bits per heavy atom. The van der Waals surface area contributed by atoms with E-state index in [0.29, 0.717) is 17.0 Å². The van der Waals surface area contributed by atoms with Crippen LogP contribution in [0.2, 0.25) is 5.02 Å². The Hall–Kier alpha value is -2.18. The Labute approximate surface area is 163 Å². The Morgan fingerprint density at radius 2 is 1.89 bits per heavy atom. The second kappa shape index (κ2) is 8.23. The molecule has 1 heterocycles. The van der Waals surface area contributed by atoms with Crippen LogP contribution in [0.4, 0.5) is 4.39 Å². The van der Waals surface area contributed by atoms with Gasteiger partial charge >= 0.3 is 0 Å². The highest BCUT2D eigenvalue weighted by atomic mass is 35.5. The third-order valence-corrected chi connectivity index (χ3v) is 6.60. The van der Waals surface area contributed by atoms with Crippen molar-refractivity contribution in [1.29, 1.82) is 0 Å². The SMILES string of the molecule is O=C(/C=C/c1ccccc1Cl)N(Cc1ccc(F)cc1)[C@H]1CCS(=O)(=O)C1. The van der Waals surface area contributed by atoms with Crippen LogP contribution in [-0.4, -0.2) is 36.8 Å². The first-order valence-electron chi connectivity index (χ1n) is 8.52. The number of hydrogen-bond donors (Lipinski definition) is 0. The zero-order chi connectivity index (χ0) is 19.4. The maximum Gasteiger partial charge on any atom is 0.247 e.